The molecule has 0 saturated carbocycles. The van der Waals surface area contributed by atoms with Gasteiger partial charge < -0.3 is 20.4 Å². The van der Waals surface area contributed by atoms with Gasteiger partial charge in [-0.25, -0.2) is 0 Å². The normalized spacial score (nSPS) is 22.5. The van der Waals surface area contributed by atoms with Crippen LogP contribution in [0, 0.1) is 5.92 Å². The third kappa shape index (κ3) is 8.09. The van der Waals surface area contributed by atoms with Crippen molar-refractivity contribution in [3.63, 3.8) is 0 Å². The van der Waals surface area contributed by atoms with Gasteiger partial charge in [0.2, 0.25) is 0 Å². The SMILES string of the molecule is CCNC(=NCC(C)CN1CCN(CC)CC1)NCC1CCCN1Cc1ccccc1. The zero-order chi connectivity index (χ0) is 21.9. The Labute approximate surface area is 190 Å². The van der Waals surface area contributed by atoms with E-state index in [9.17, 15) is 0 Å². The first-order valence-corrected chi connectivity index (χ1v) is 12.4. The van der Waals surface area contributed by atoms with Crippen LogP contribution in [0.1, 0.15) is 39.2 Å². The fourth-order valence-electron chi connectivity index (χ4n) is 4.74. The van der Waals surface area contributed by atoms with E-state index in [1.54, 1.807) is 0 Å². The summed E-state index contributed by atoms with van der Waals surface area (Å²) in [5.41, 5.74) is 1.41. The van der Waals surface area contributed by atoms with Crippen LogP contribution in [0.2, 0.25) is 0 Å². The summed E-state index contributed by atoms with van der Waals surface area (Å²) in [5.74, 6) is 1.54. The number of benzene rings is 1. The van der Waals surface area contributed by atoms with Gasteiger partial charge in [0.05, 0.1) is 0 Å². The first kappa shape index (κ1) is 24.0. The first-order chi connectivity index (χ1) is 15.2. The van der Waals surface area contributed by atoms with Crippen LogP contribution in [0.3, 0.4) is 0 Å². The standard InChI is InChI=1S/C25H44N6/c1-4-26-25(27-18-22(3)20-30-16-14-29(5-2)15-17-30)28-19-24-12-9-13-31(24)21-23-10-7-6-8-11-23/h6-8,10-11,22,24H,4-5,9,12-21H2,1-3H3,(H2,26,27,28). The minimum absolute atomic E-state index is 0.574. The summed E-state index contributed by atoms with van der Waals surface area (Å²) in [4.78, 5) is 12.7. The zero-order valence-corrected chi connectivity index (χ0v) is 20.0. The van der Waals surface area contributed by atoms with Gasteiger partial charge in [-0.15, -0.1) is 0 Å². The van der Waals surface area contributed by atoms with Gasteiger partial charge in [-0.1, -0.05) is 44.2 Å². The molecule has 2 aliphatic heterocycles. The number of likely N-dealkylation sites (tertiary alicyclic amines) is 1. The van der Waals surface area contributed by atoms with E-state index in [2.05, 4.69) is 76.4 Å². The second-order valence-corrected chi connectivity index (χ2v) is 9.19. The van der Waals surface area contributed by atoms with Crippen LogP contribution in [0.15, 0.2) is 35.3 Å². The molecule has 6 nitrogen and oxygen atoms in total. The average Bonchev–Trinajstić information content (AvgIpc) is 3.23. The van der Waals surface area contributed by atoms with E-state index in [1.165, 1.54) is 57.7 Å². The van der Waals surface area contributed by atoms with Gasteiger partial charge in [0.25, 0.3) is 0 Å². The third-order valence-corrected chi connectivity index (χ3v) is 6.62. The predicted molar refractivity (Wildman–Crippen MR) is 132 cm³/mol. The Balaban J connectivity index is 1.43. The highest BCUT2D eigenvalue weighted by Gasteiger charge is 2.24. The highest BCUT2D eigenvalue weighted by atomic mass is 15.3. The van der Waals surface area contributed by atoms with Crippen LogP contribution in [0.25, 0.3) is 0 Å². The summed E-state index contributed by atoms with van der Waals surface area (Å²) in [6, 6.07) is 11.4. The van der Waals surface area contributed by atoms with Gasteiger partial charge in [-0.05, 0) is 44.3 Å². The monoisotopic (exact) mass is 428 g/mol. The van der Waals surface area contributed by atoms with Gasteiger partial charge >= 0.3 is 0 Å². The molecule has 174 valence electrons. The molecule has 2 heterocycles. The smallest absolute Gasteiger partial charge is 0.191 e. The van der Waals surface area contributed by atoms with E-state index in [0.717, 1.165) is 38.7 Å². The number of hydrogen-bond acceptors (Lipinski definition) is 4. The minimum atomic E-state index is 0.574. The molecule has 6 heteroatoms. The number of nitrogens with zero attached hydrogens (tertiary/aromatic N) is 4. The predicted octanol–water partition coefficient (Wildman–Crippen LogP) is 2.48. The van der Waals surface area contributed by atoms with Gasteiger partial charge in [0, 0.05) is 64.9 Å². The molecule has 31 heavy (non-hydrogen) atoms. The molecule has 0 radical (unpaired) electrons. The van der Waals surface area contributed by atoms with Crippen molar-refractivity contribution in [1.82, 2.24) is 25.3 Å². The lowest BCUT2D eigenvalue weighted by molar-refractivity contribution is 0.125. The lowest BCUT2D eigenvalue weighted by Gasteiger charge is -2.35. The lowest BCUT2D eigenvalue weighted by Crippen LogP contribution is -2.47. The molecule has 0 spiro atoms. The molecule has 2 unspecified atom stereocenters. The quantitative estimate of drug-likeness (QED) is 0.443. The number of rotatable bonds is 10. The molecular formula is C25H44N6. The zero-order valence-electron chi connectivity index (χ0n) is 20.0. The summed E-state index contributed by atoms with van der Waals surface area (Å²) in [7, 11) is 0. The largest absolute Gasteiger partial charge is 0.357 e. The number of hydrogen-bond donors (Lipinski definition) is 2. The summed E-state index contributed by atoms with van der Waals surface area (Å²) < 4.78 is 0. The summed E-state index contributed by atoms with van der Waals surface area (Å²) in [5, 5.41) is 7.07. The molecule has 2 atom stereocenters. The molecule has 0 bridgehead atoms. The van der Waals surface area contributed by atoms with Crippen molar-refractivity contribution < 1.29 is 0 Å². The second kappa shape index (κ2) is 13.0. The Morgan fingerprint density at radius 1 is 1.03 bits per heavy atom. The lowest BCUT2D eigenvalue weighted by atomic mass is 10.1. The average molecular weight is 429 g/mol. The van der Waals surface area contributed by atoms with Crippen molar-refractivity contribution in [2.24, 2.45) is 10.9 Å². The fraction of sp³-hybridized carbons (Fsp3) is 0.720. The van der Waals surface area contributed by atoms with Gasteiger partial charge in [-0.2, -0.15) is 0 Å². The van der Waals surface area contributed by atoms with Gasteiger partial charge in [-0.3, -0.25) is 9.89 Å². The third-order valence-electron chi connectivity index (χ3n) is 6.62. The maximum atomic E-state index is 4.92. The summed E-state index contributed by atoms with van der Waals surface area (Å²) in [6.07, 6.45) is 2.55. The molecule has 2 saturated heterocycles. The van der Waals surface area contributed by atoms with Crippen LogP contribution in [-0.4, -0.2) is 92.1 Å². The van der Waals surface area contributed by atoms with Crippen LogP contribution < -0.4 is 10.6 Å². The number of guanidine groups is 1. The molecule has 0 aromatic heterocycles. The maximum Gasteiger partial charge on any atom is 0.191 e. The van der Waals surface area contributed by atoms with Gasteiger partial charge in [0.1, 0.15) is 0 Å². The molecule has 1 aromatic carbocycles. The van der Waals surface area contributed by atoms with Crippen molar-refractivity contribution in [3.05, 3.63) is 35.9 Å². The topological polar surface area (TPSA) is 46.1 Å². The van der Waals surface area contributed by atoms with Crippen molar-refractivity contribution in [2.45, 2.75) is 46.2 Å². The number of nitrogens with one attached hydrogen (secondary N) is 2. The van der Waals surface area contributed by atoms with E-state index in [0.29, 0.717) is 12.0 Å². The molecular weight excluding hydrogens is 384 g/mol. The first-order valence-electron chi connectivity index (χ1n) is 12.4. The minimum Gasteiger partial charge on any atom is -0.357 e. The molecule has 2 N–H and O–H groups in total. The molecule has 2 fully saturated rings. The summed E-state index contributed by atoms with van der Waals surface area (Å²) in [6.45, 7) is 18.8. The van der Waals surface area contributed by atoms with E-state index >= 15 is 0 Å². The number of piperazine rings is 1. The van der Waals surface area contributed by atoms with Crippen molar-refractivity contribution in [2.75, 3.05) is 65.4 Å². The second-order valence-electron chi connectivity index (χ2n) is 9.19. The van der Waals surface area contributed by atoms with Crippen molar-refractivity contribution in [1.29, 1.82) is 0 Å². The van der Waals surface area contributed by atoms with E-state index < -0.39 is 0 Å². The summed E-state index contributed by atoms with van der Waals surface area (Å²) >= 11 is 0. The van der Waals surface area contributed by atoms with E-state index in [-0.39, 0.29) is 0 Å². The van der Waals surface area contributed by atoms with Crippen molar-refractivity contribution in [3.8, 4) is 0 Å². The van der Waals surface area contributed by atoms with Gasteiger partial charge in [0.15, 0.2) is 5.96 Å². The van der Waals surface area contributed by atoms with Crippen LogP contribution in [0.5, 0.6) is 0 Å². The molecule has 1 aromatic rings. The fourth-order valence-corrected chi connectivity index (χ4v) is 4.74. The Kier molecular flexibility index (Phi) is 10.1. The Morgan fingerprint density at radius 2 is 1.77 bits per heavy atom. The van der Waals surface area contributed by atoms with Crippen LogP contribution >= 0.6 is 0 Å². The highest BCUT2D eigenvalue weighted by Crippen LogP contribution is 2.19. The van der Waals surface area contributed by atoms with E-state index in [4.69, 9.17) is 4.99 Å². The number of likely N-dealkylation sites (N-methyl/N-ethyl adjacent to an activating group) is 1. The Hall–Kier alpha value is -1.63. The Bertz CT molecular complexity index is 641. The van der Waals surface area contributed by atoms with E-state index in [1.807, 2.05) is 0 Å². The molecule has 0 amide bonds. The molecule has 0 aliphatic carbocycles. The van der Waals surface area contributed by atoms with Crippen molar-refractivity contribution >= 4 is 5.96 Å². The Morgan fingerprint density at radius 3 is 2.48 bits per heavy atom. The molecule has 2 aliphatic rings. The highest BCUT2D eigenvalue weighted by molar-refractivity contribution is 5.79. The van der Waals surface area contributed by atoms with Crippen LogP contribution in [-0.2, 0) is 6.54 Å². The number of aliphatic imine (C=N–C) groups is 1. The molecule has 3 rings (SSSR count). The van der Waals surface area contributed by atoms with Crippen LogP contribution in [0.4, 0.5) is 0 Å². The maximum absolute atomic E-state index is 4.92.